The summed E-state index contributed by atoms with van der Waals surface area (Å²) >= 11 is 0. The van der Waals surface area contributed by atoms with Crippen LogP contribution in [0.3, 0.4) is 0 Å². The Labute approximate surface area is 160 Å². The van der Waals surface area contributed by atoms with Gasteiger partial charge in [-0.1, -0.05) is 0 Å². The molecule has 2 aromatic heterocycles. The van der Waals surface area contributed by atoms with Crippen LogP contribution in [-0.2, 0) is 13.1 Å². The van der Waals surface area contributed by atoms with E-state index in [1.807, 2.05) is 24.3 Å². The molecule has 146 valence electrons. The highest BCUT2D eigenvalue weighted by molar-refractivity contribution is 5.74. The molecule has 0 saturated carbocycles. The van der Waals surface area contributed by atoms with Crippen molar-refractivity contribution in [2.24, 2.45) is 5.92 Å². The first kappa shape index (κ1) is 19.4. The fraction of sp³-hybridized carbons (Fsp3) is 0.500. The van der Waals surface area contributed by atoms with E-state index in [1.165, 1.54) is 0 Å². The van der Waals surface area contributed by atoms with Crippen LogP contribution in [0.4, 0.5) is 4.79 Å². The van der Waals surface area contributed by atoms with Crippen LogP contribution in [0.1, 0.15) is 24.2 Å². The molecule has 0 aliphatic carbocycles. The SMILES string of the molecule is O=C(NC[C@@H]1CCCN(CCO)C1)N(Cc1ccncc1)Cc1ccco1. The number of β-amino-alcohol motifs (C(OH)–C–C–N with tert-alkyl or cyclic N) is 1. The Hall–Kier alpha value is -2.38. The summed E-state index contributed by atoms with van der Waals surface area (Å²) in [6.07, 6.45) is 7.29. The Balaban J connectivity index is 1.57. The summed E-state index contributed by atoms with van der Waals surface area (Å²) in [6.45, 7) is 4.39. The second-order valence-electron chi connectivity index (χ2n) is 7.01. The number of aliphatic hydroxyl groups excluding tert-OH is 1. The van der Waals surface area contributed by atoms with Crippen molar-refractivity contribution in [2.75, 3.05) is 32.8 Å². The van der Waals surface area contributed by atoms with E-state index in [0.29, 0.717) is 32.1 Å². The number of piperidine rings is 1. The number of rotatable bonds is 8. The number of amides is 2. The van der Waals surface area contributed by atoms with Gasteiger partial charge in [0.25, 0.3) is 0 Å². The third-order valence-electron chi connectivity index (χ3n) is 4.90. The maximum Gasteiger partial charge on any atom is 0.318 e. The van der Waals surface area contributed by atoms with E-state index in [-0.39, 0.29) is 12.6 Å². The van der Waals surface area contributed by atoms with E-state index >= 15 is 0 Å². The van der Waals surface area contributed by atoms with Gasteiger partial charge in [0.15, 0.2) is 0 Å². The molecule has 1 atom stereocenters. The van der Waals surface area contributed by atoms with E-state index in [9.17, 15) is 4.79 Å². The molecule has 7 nitrogen and oxygen atoms in total. The maximum atomic E-state index is 12.8. The van der Waals surface area contributed by atoms with Gasteiger partial charge < -0.3 is 24.6 Å². The van der Waals surface area contributed by atoms with Crippen LogP contribution in [0.2, 0.25) is 0 Å². The number of aliphatic hydroxyl groups is 1. The van der Waals surface area contributed by atoms with Crippen molar-refractivity contribution in [2.45, 2.75) is 25.9 Å². The average molecular weight is 372 g/mol. The third-order valence-corrected chi connectivity index (χ3v) is 4.90. The molecule has 1 aliphatic rings. The minimum Gasteiger partial charge on any atom is -0.467 e. The molecule has 1 aliphatic heterocycles. The Morgan fingerprint density at radius 1 is 1.33 bits per heavy atom. The molecule has 1 fully saturated rings. The molecule has 2 aromatic rings. The fourth-order valence-electron chi connectivity index (χ4n) is 3.50. The van der Waals surface area contributed by atoms with Gasteiger partial charge >= 0.3 is 6.03 Å². The summed E-state index contributed by atoms with van der Waals surface area (Å²) in [4.78, 5) is 20.9. The molecule has 0 radical (unpaired) electrons. The topological polar surface area (TPSA) is 81.8 Å². The van der Waals surface area contributed by atoms with Crippen molar-refractivity contribution >= 4 is 6.03 Å². The van der Waals surface area contributed by atoms with Gasteiger partial charge in [-0.25, -0.2) is 4.79 Å². The highest BCUT2D eigenvalue weighted by Gasteiger charge is 2.22. The van der Waals surface area contributed by atoms with Crippen molar-refractivity contribution in [3.63, 3.8) is 0 Å². The Kier molecular flexibility index (Phi) is 7.24. The number of pyridine rings is 1. The zero-order valence-corrected chi connectivity index (χ0v) is 15.6. The number of hydrogen-bond acceptors (Lipinski definition) is 5. The quantitative estimate of drug-likeness (QED) is 0.742. The number of nitrogens with zero attached hydrogens (tertiary/aromatic N) is 3. The lowest BCUT2D eigenvalue weighted by atomic mass is 9.98. The zero-order chi connectivity index (χ0) is 18.9. The van der Waals surface area contributed by atoms with Crippen molar-refractivity contribution in [3.05, 3.63) is 54.2 Å². The van der Waals surface area contributed by atoms with Gasteiger partial charge in [-0.15, -0.1) is 0 Å². The Bertz CT molecular complexity index is 676. The van der Waals surface area contributed by atoms with Crippen molar-refractivity contribution in [1.29, 1.82) is 0 Å². The minimum atomic E-state index is -0.0949. The number of aromatic nitrogens is 1. The van der Waals surface area contributed by atoms with Gasteiger partial charge in [0, 0.05) is 38.6 Å². The van der Waals surface area contributed by atoms with Crippen LogP contribution in [-0.4, -0.2) is 58.7 Å². The number of urea groups is 1. The molecule has 7 heteroatoms. The van der Waals surface area contributed by atoms with Crippen molar-refractivity contribution in [1.82, 2.24) is 20.1 Å². The van der Waals surface area contributed by atoms with E-state index in [0.717, 1.165) is 37.3 Å². The first-order valence-electron chi connectivity index (χ1n) is 9.52. The maximum absolute atomic E-state index is 12.8. The van der Waals surface area contributed by atoms with Gasteiger partial charge in [0.1, 0.15) is 5.76 Å². The van der Waals surface area contributed by atoms with Crippen LogP contribution in [0.5, 0.6) is 0 Å². The number of furan rings is 1. The van der Waals surface area contributed by atoms with E-state index in [1.54, 1.807) is 23.6 Å². The molecule has 3 rings (SSSR count). The lowest BCUT2D eigenvalue weighted by molar-refractivity contribution is 0.136. The molecule has 2 amide bonds. The summed E-state index contributed by atoms with van der Waals surface area (Å²) in [6, 6.07) is 7.44. The normalized spacial score (nSPS) is 17.6. The van der Waals surface area contributed by atoms with Crippen LogP contribution in [0, 0.1) is 5.92 Å². The monoisotopic (exact) mass is 372 g/mol. The molecular weight excluding hydrogens is 344 g/mol. The second-order valence-corrected chi connectivity index (χ2v) is 7.01. The Morgan fingerprint density at radius 2 is 2.19 bits per heavy atom. The molecule has 0 unspecified atom stereocenters. The third kappa shape index (κ3) is 6.08. The summed E-state index contributed by atoms with van der Waals surface area (Å²) in [5.74, 6) is 1.17. The summed E-state index contributed by atoms with van der Waals surface area (Å²) in [5.41, 5.74) is 1.03. The predicted molar refractivity (Wildman–Crippen MR) is 102 cm³/mol. The van der Waals surface area contributed by atoms with E-state index < -0.39 is 0 Å². The highest BCUT2D eigenvalue weighted by atomic mass is 16.3. The number of carbonyl (C=O) groups excluding carboxylic acids is 1. The average Bonchev–Trinajstić information content (AvgIpc) is 3.20. The number of nitrogens with one attached hydrogen (secondary N) is 1. The van der Waals surface area contributed by atoms with Gasteiger partial charge in [-0.05, 0) is 55.1 Å². The van der Waals surface area contributed by atoms with Gasteiger partial charge in [-0.2, -0.15) is 0 Å². The smallest absolute Gasteiger partial charge is 0.318 e. The van der Waals surface area contributed by atoms with Gasteiger partial charge in [0.2, 0.25) is 0 Å². The first-order chi connectivity index (χ1) is 13.2. The standard InChI is InChI=1S/C20H28N4O3/c25-11-10-23-9-1-3-18(14-23)13-22-20(26)24(16-19-4-2-12-27-19)15-17-5-7-21-8-6-17/h2,4-8,12,18,25H,1,3,9-11,13-16H2,(H,22,26)/t18-/m0/s1. The van der Waals surface area contributed by atoms with Crippen LogP contribution >= 0.6 is 0 Å². The molecule has 1 saturated heterocycles. The number of carbonyl (C=O) groups is 1. The number of likely N-dealkylation sites (tertiary alicyclic amines) is 1. The molecule has 2 N–H and O–H groups in total. The molecule has 3 heterocycles. The molecule has 0 spiro atoms. The fourth-order valence-corrected chi connectivity index (χ4v) is 3.50. The van der Waals surface area contributed by atoms with Gasteiger partial charge in [0.05, 0.1) is 19.4 Å². The summed E-state index contributed by atoms with van der Waals surface area (Å²) < 4.78 is 5.42. The minimum absolute atomic E-state index is 0.0949. The van der Waals surface area contributed by atoms with Crippen molar-refractivity contribution < 1.29 is 14.3 Å². The first-order valence-corrected chi connectivity index (χ1v) is 9.52. The summed E-state index contributed by atoms with van der Waals surface area (Å²) in [5, 5.41) is 12.2. The number of hydrogen-bond donors (Lipinski definition) is 2. The lowest BCUT2D eigenvalue weighted by Crippen LogP contribution is -2.45. The van der Waals surface area contributed by atoms with Crippen LogP contribution < -0.4 is 5.32 Å². The van der Waals surface area contributed by atoms with Crippen LogP contribution in [0.15, 0.2) is 47.3 Å². The van der Waals surface area contributed by atoms with Crippen molar-refractivity contribution in [3.8, 4) is 0 Å². The zero-order valence-electron chi connectivity index (χ0n) is 15.6. The highest BCUT2D eigenvalue weighted by Crippen LogP contribution is 2.16. The Morgan fingerprint density at radius 3 is 2.93 bits per heavy atom. The summed E-state index contributed by atoms with van der Waals surface area (Å²) in [7, 11) is 0. The van der Waals surface area contributed by atoms with E-state index in [2.05, 4.69) is 15.2 Å². The van der Waals surface area contributed by atoms with Gasteiger partial charge in [-0.3, -0.25) is 4.98 Å². The van der Waals surface area contributed by atoms with E-state index in [4.69, 9.17) is 9.52 Å². The largest absolute Gasteiger partial charge is 0.467 e. The predicted octanol–water partition coefficient (Wildman–Crippen LogP) is 2.09. The second kappa shape index (κ2) is 10.1. The molecule has 0 aromatic carbocycles. The molecule has 27 heavy (non-hydrogen) atoms. The molecular formula is C20H28N4O3. The van der Waals surface area contributed by atoms with Crippen LogP contribution in [0.25, 0.3) is 0 Å². The lowest BCUT2D eigenvalue weighted by Gasteiger charge is -2.32. The molecule has 0 bridgehead atoms.